The number of aryl methyl sites for hydroxylation is 1. The number of aliphatic hydroxyl groups is 1. The van der Waals surface area contributed by atoms with Crippen molar-refractivity contribution in [1.82, 2.24) is 0 Å². The van der Waals surface area contributed by atoms with Crippen molar-refractivity contribution in [3.8, 4) is 0 Å². The summed E-state index contributed by atoms with van der Waals surface area (Å²) in [7, 11) is 0. The second kappa shape index (κ2) is 6.09. The Labute approximate surface area is 114 Å². The van der Waals surface area contributed by atoms with Crippen LogP contribution in [0, 0.1) is 0 Å². The second-order valence-corrected chi connectivity index (χ2v) is 6.86. The molecule has 0 heterocycles. The Balaban J connectivity index is 2.15. The molecule has 0 fully saturated rings. The zero-order chi connectivity index (χ0) is 13.1. The van der Waals surface area contributed by atoms with E-state index in [2.05, 4.69) is 31.2 Å². The van der Waals surface area contributed by atoms with Crippen LogP contribution >= 0.6 is 11.8 Å². The molecule has 1 aliphatic rings. The van der Waals surface area contributed by atoms with Gasteiger partial charge in [-0.3, -0.25) is 0 Å². The van der Waals surface area contributed by atoms with E-state index in [4.69, 9.17) is 5.73 Å². The molecule has 0 aromatic heterocycles. The van der Waals surface area contributed by atoms with Gasteiger partial charge in [0.25, 0.3) is 0 Å². The fraction of sp³-hybridized carbons (Fsp3) is 0.600. The van der Waals surface area contributed by atoms with E-state index in [9.17, 15) is 5.11 Å². The molecule has 2 rings (SSSR count). The summed E-state index contributed by atoms with van der Waals surface area (Å²) >= 11 is 1.84. The monoisotopic (exact) mass is 265 g/mol. The molecular formula is C15H23NOS. The van der Waals surface area contributed by atoms with Gasteiger partial charge in [0, 0.05) is 16.5 Å². The van der Waals surface area contributed by atoms with Gasteiger partial charge < -0.3 is 10.8 Å². The average molecular weight is 265 g/mol. The highest BCUT2D eigenvalue weighted by atomic mass is 32.2. The van der Waals surface area contributed by atoms with Gasteiger partial charge in [0.1, 0.15) is 0 Å². The highest BCUT2D eigenvalue weighted by molar-refractivity contribution is 8.00. The smallest absolute Gasteiger partial charge is 0.0628 e. The topological polar surface area (TPSA) is 46.2 Å². The summed E-state index contributed by atoms with van der Waals surface area (Å²) in [4.78, 5) is 0. The molecule has 0 saturated carbocycles. The first-order valence-corrected chi connectivity index (χ1v) is 7.70. The molecule has 1 aliphatic carbocycles. The minimum Gasteiger partial charge on any atom is -0.392 e. The maximum Gasteiger partial charge on any atom is 0.0628 e. The molecule has 3 heteroatoms. The van der Waals surface area contributed by atoms with Crippen molar-refractivity contribution in [3.05, 3.63) is 35.4 Å². The molecule has 100 valence electrons. The van der Waals surface area contributed by atoms with E-state index in [1.165, 1.54) is 17.5 Å². The molecule has 2 nitrogen and oxygen atoms in total. The first-order chi connectivity index (χ1) is 8.59. The largest absolute Gasteiger partial charge is 0.392 e. The summed E-state index contributed by atoms with van der Waals surface area (Å²) in [5.74, 6) is 0. The van der Waals surface area contributed by atoms with E-state index in [0.717, 1.165) is 12.8 Å². The molecule has 0 bridgehead atoms. The molecule has 18 heavy (non-hydrogen) atoms. The third kappa shape index (κ3) is 3.08. The van der Waals surface area contributed by atoms with Crippen molar-refractivity contribution in [3.63, 3.8) is 0 Å². The quantitative estimate of drug-likeness (QED) is 0.826. The molecular weight excluding hydrogens is 242 g/mol. The zero-order valence-corrected chi connectivity index (χ0v) is 12.0. The fourth-order valence-corrected chi connectivity index (χ4v) is 3.90. The van der Waals surface area contributed by atoms with Crippen LogP contribution in [0.4, 0.5) is 0 Å². The van der Waals surface area contributed by atoms with E-state index in [-0.39, 0.29) is 17.4 Å². The molecule has 4 unspecified atom stereocenters. The summed E-state index contributed by atoms with van der Waals surface area (Å²) < 4.78 is 0. The maximum absolute atomic E-state index is 9.64. The van der Waals surface area contributed by atoms with Crippen LogP contribution in [0.25, 0.3) is 0 Å². The van der Waals surface area contributed by atoms with Crippen LogP contribution in [0.3, 0.4) is 0 Å². The van der Waals surface area contributed by atoms with Gasteiger partial charge in [0.05, 0.1) is 6.10 Å². The molecule has 1 aromatic carbocycles. The normalized spacial score (nSPS) is 27.1. The minimum atomic E-state index is -0.277. The SMILES string of the molecule is CC(O)C(C)SC1CCCc2ccccc2C1N. The van der Waals surface area contributed by atoms with Gasteiger partial charge in [0.15, 0.2) is 0 Å². The van der Waals surface area contributed by atoms with Crippen molar-refractivity contribution >= 4 is 11.8 Å². The molecule has 0 aliphatic heterocycles. The lowest BCUT2D eigenvalue weighted by atomic mass is 10.00. The Morgan fingerprint density at radius 1 is 1.33 bits per heavy atom. The predicted molar refractivity (Wildman–Crippen MR) is 78.8 cm³/mol. The third-order valence-electron chi connectivity index (χ3n) is 3.82. The van der Waals surface area contributed by atoms with Crippen LogP contribution in [0.2, 0.25) is 0 Å². The predicted octanol–water partition coefficient (Wildman–Crippen LogP) is 2.89. The van der Waals surface area contributed by atoms with Crippen LogP contribution in [0.5, 0.6) is 0 Å². The molecule has 0 spiro atoms. The number of thioether (sulfide) groups is 1. The number of aliphatic hydroxyl groups excluding tert-OH is 1. The van der Waals surface area contributed by atoms with Crippen LogP contribution in [-0.2, 0) is 6.42 Å². The highest BCUT2D eigenvalue weighted by Crippen LogP contribution is 2.36. The number of fused-ring (bicyclic) bond motifs is 1. The molecule has 3 N–H and O–H groups in total. The fourth-order valence-electron chi connectivity index (χ4n) is 2.50. The van der Waals surface area contributed by atoms with Gasteiger partial charge in [0.2, 0.25) is 0 Å². The van der Waals surface area contributed by atoms with Crippen LogP contribution < -0.4 is 5.73 Å². The number of benzene rings is 1. The van der Waals surface area contributed by atoms with Crippen LogP contribution in [-0.4, -0.2) is 21.7 Å². The van der Waals surface area contributed by atoms with Gasteiger partial charge >= 0.3 is 0 Å². The summed E-state index contributed by atoms with van der Waals surface area (Å²) in [6.45, 7) is 3.94. The van der Waals surface area contributed by atoms with Gasteiger partial charge in [-0.1, -0.05) is 31.2 Å². The lowest BCUT2D eigenvalue weighted by Gasteiger charge is -2.26. The van der Waals surface area contributed by atoms with E-state index in [1.54, 1.807) is 0 Å². The Morgan fingerprint density at radius 2 is 2.06 bits per heavy atom. The molecule has 0 radical (unpaired) electrons. The Morgan fingerprint density at radius 3 is 2.78 bits per heavy atom. The Hall–Kier alpha value is -0.510. The highest BCUT2D eigenvalue weighted by Gasteiger charge is 2.27. The lowest BCUT2D eigenvalue weighted by molar-refractivity contribution is 0.196. The first kappa shape index (κ1) is 13.9. The van der Waals surface area contributed by atoms with E-state index in [0.29, 0.717) is 5.25 Å². The molecule has 1 aromatic rings. The van der Waals surface area contributed by atoms with E-state index >= 15 is 0 Å². The number of rotatable bonds is 3. The van der Waals surface area contributed by atoms with Crippen LogP contribution in [0.15, 0.2) is 24.3 Å². The molecule has 0 saturated heterocycles. The maximum atomic E-state index is 9.64. The van der Waals surface area contributed by atoms with Crippen LogP contribution in [0.1, 0.15) is 43.9 Å². The van der Waals surface area contributed by atoms with Gasteiger partial charge in [-0.25, -0.2) is 0 Å². The summed E-state index contributed by atoms with van der Waals surface area (Å²) in [6.07, 6.45) is 3.18. The number of nitrogens with two attached hydrogens (primary N) is 1. The molecule has 4 atom stereocenters. The summed E-state index contributed by atoms with van der Waals surface area (Å²) in [5, 5.41) is 10.3. The Bertz CT molecular complexity index is 394. The lowest BCUT2D eigenvalue weighted by Crippen LogP contribution is -2.27. The average Bonchev–Trinajstić information content (AvgIpc) is 2.51. The summed E-state index contributed by atoms with van der Waals surface area (Å²) in [6, 6.07) is 8.61. The molecule has 0 amide bonds. The van der Waals surface area contributed by atoms with Gasteiger partial charge in [-0.2, -0.15) is 11.8 Å². The minimum absolute atomic E-state index is 0.0925. The van der Waals surface area contributed by atoms with Crippen molar-refractivity contribution in [2.24, 2.45) is 5.73 Å². The number of hydrogen-bond acceptors (Lipinski definition) is 3. The third-order valence-corrected chi connectivity index (χ3v) is 5.52. The second-order valence-electron chi connectivity index (χ2n) is 5.24. The standard InChI is InChI=1S/C15H23NOS/c1-10(17)11(2)18-14-9-5-7-12-6-3-4-8-13(12)15(14)16/h3-4,6,8,10-11,14-15,17H,5,7,9,16H2,1-2H3. The first-order valence-electron chi connectivity index (χ1n) is 6.76. The number of hydrogen-bond donors (Lipinski definition) is 2. The van der Waals surface area contributed by atoms with Gasteiger partial charge in [-0.05, 0) is 37.3 Å². The van der Waals surface area contributed by atoms with Crippen molar-refractivity contribution < 1.29 is 5.11 Å². The van der Waals surface area contributed by atoms with Crippen molar-refractivity contribution in [2.75, 3.05) is 0 Å². The van der Waals surface area contributed by atoms with Crippen molar-refractivity contribution in [1.29, 1.82) is 0 Å². The van der Waals surface area contributed by atoms with Gasteiger partial charge in [-0.15, -0.1) is 0 Å². The van der Waals surface area contributed by atoms with E-state index in [1.807, 2.05) is 18.7 Å². The van der Waals surface area contributed by atoms with Crippen molar-refractivity contribution in [2.45, 2.75) is 55.8 Å². The van der Waals surface area contributed by atoms with E-state index < -0.39 is 0 Å². The summed E-state index contributed by atoms with van der Waals surface area (Å²) in [5.41, 5.74) is 9.13. The zero-order valence-electron chi connectivity index (χ0n) is 11.2. The Kier molecular flexibility index (Phi) is 4.71.